The molecule has 1 N–H and O–H groups in total. The fraction of sp³-hybridized carbons (Fsp3) is 0.120. The van der Waals surface area contributed by atoms with Gasteiger partial charge in [-0.05, 0) is 37.3 Å². The molecule has 31 heavy (non-hydrogen) atoms. The lowest BCUT2D eigenvalue weighted by molar-refractivity contribution is -0.120. The zero-order chi connectivity index (χ0) is 21.8. The van der Waals surface area contributed by atoms with Crippen molar-refractivity contribution in [2.24, 2.45) is 0 Å². The van der Waals surface area contributed by atoms with Crippen molar-refractivity contribution >= 4 is 28.8 Å². The molecule has 6 heteroatoms. The smallest absolute Gasteiger partial charge is 0.282 e. The summed E-state index contributed by atoms with van der Waals surface area (Å²) in [5, 5.41) is 3.15. The van der Waals surface area contributed by atoms with Gasteiger partial charge in [0, 0.05) is 17.3 Å². The molecule has 3 aromatic rings. The zero-order valence-electron chi connectivity index (χ0n) is 17.3. The van der Waals surface area contributed by atoms with E-state index < -0.39 is 11.8 Å². The van der Waals surface area contributed by atoms with Crippen LogP contribution in [0.5, 0.6) is 11.5 Å². The summed E-state index contributed by atoms with van der Waals surface area (Å²) >= 11 is 0. The molecule has 0 unspecified atom stereocenters. The standard InChI is InChI=1S/C25H22N2O4/c1-3-31-19-13-9-10-17(16-19)26-23-22(20-14-7-8-15-21(20)30-2)24(28)27(25(23)29)18-11-5-4-6-12-18/h4-16,26H,3H2,1-2H3. The van der Waals surface area contributed by atoms with E-state index in [1.54, 1.807) is 48.5 Å². The Morgan fingerprint density at radius 1 is 0.871 bits per heavy atom. The Balaban J connectivity index is 1.83. The highest BCUT2D eigenvalue weighted by atomic mass is 16.5. The number of methoxy groups -OCH3 is 1. The normalized spacial score (nSPS) is 13.5. The van der Waals surface area contributed by atoms with Crippen LogP contribution in [0.2, 0.25) is 0 Å². The molecule has 2 amide bonds. The molecular weight excluding hydrogens is 392 g/mol. The molecule has 4 rings (SSSR count). The van der Waals surface area contributed by atoms with Gasteiger partial charge in [0.2, 0.25) is 0 Å². The Morgan fingerprint density at radius 2 is 1.61 bits per heavy atom. The van der Waals surface area contributed by atoms with E-state index in [0.29, 0.717) is 35.0 Å². The van der Waals surface area contributed by atoms with Gasteiger partial charge in [0.25, 0.3) is 11.8 Å². The molecule has 0 saturated heterocycles. The monoisotopic (exact) mass is 414 g/mol. The maximum absolute atomic E-state index is 13.5. The van der Waals surface area contributed by atoms with Crippen LogP contribution in [0.25, 0.3) is 5.57 Å². The average molecular weight is 414 g/mol. The molecule has 156 valence electrons. The average Bonchev–Trinajstić information content (AvgIpc) is 3.04. The quantitative estimate of drug-likeness (QED) is 0.577. The molecule has 0 saturated carbocycles. The number of carbonyl (C=O) groups excluding carboxylic acids is 2. The minimum absolute atomic E-state index is 0.187. The van der Waals surface area contributed by atoms with Gasteiger partial charge in [-0.3, -0.25) is 9.59 Å². The second kappa shape index (κ2) is 8.75. The van der Waals surface area contributed by atoms with Gasteiger partial charge in [0.05, 0.1) is 25.0 Å². The number of nitrogens with zero attached hydrogens (tertiary/aromatic N) is 1. The van der Waals surface area contributed by atoms with E-state index >= 15 is 0 Å². The van der Waals surface area contributed by atoms with Crippen LogP contribution in [0.1, 0.15) is 12.5 Å². The topological polar surface area (TPSA) is 67.9 Å². The predicted octanol–water partition coefficient (Wildman–Crippen LogP) is 4.49. The Bertz CT molecular complexity index is 1150. The molecule has 3 aromatic carbocycles. The summed E-state index contributed by atoms with van der Waals surface area (Å²) in [7, 11) is 1.54. The third-order valence-corrected chi connectivity index (χ3v) is 4.89. The van der Waals surface area contributed by atoms with Gasteiger partial charge in [-0.15, -0.1) is 0 Å². The number of ether oxygens (including phenoxy) is 2. The molecule has 0 aromatic heterocycles. The first kappa shape index (κ1) is 20.2. The lowest BCUT2D eigenvalue weighted by atomic mass is 10.0. The van der Waals surface area contributed by atoms with Crippen molar-refractivity contribution in [1.29, 1.82) is 0 Å². The van der Waals surface area contributed by atoms with Gasteiger partial charge in [-0.2, -0.15) is 0 Å². The minimum Gasteiger partial charge on any atom is -0.496 e. The van der Waals surface area contributed by atoms with Crippen molar-refractivity contribution in [3.8, 4) is 11.5 Å². The third kappa shape index (κ3) is 3.88. The van der Waals surface area contributed by atoms with Crippen LogP contribution in [0, 0.1) is 0 Å². The van der Waals surface area contributed by atoms with Crippen molar-refractivity contribution in [3.05, 3.63) is 90.1 Å². The molecule has 0 spiro atoms. The Hall–Kier alpha value is -4.06. The molecule has 1 aliphatic heterocycles. The minimum atomic E-state index is -0.432. The van der Waals surface area contributed by atoms with Gasteiger partial charge in [0.15, 0.2) is 0 Å². The van der Waals surface area contributed by atoms with Crippen molar-refractivity contribution < 1.29 is 19.1 Å². The Morgan fingerprint density at radius 3 is 2.35 bits per heavy atom. The van der Waals surface area contributed by atoms with Crippen molar-refractivity contribution in [2.75, 3.05) is 23.9 Å². The number of hydrogen-bond acceptors (Lipinski definition) is 5. The number of para-hydroxylation sites is 2. The number of amides is 2. The van der Waals surface area contributed by atoms with Crippen molar-refractivity contribution in [2.45, 2.75) is 6.92 Å². The van der Waals surface area contributed by atoms with Crippen LogP contribution in [0.3, 0.4) is 0 Å². The van der Waals surface area contributed by atoms with Gasteiger partial charge >= 0.3 is 0 Å². The first-order chi connectivity index (χ1) is 15.1. The van der Waals surface area contributed by atoms with Gasteiger partial charge in [-0.1, -0.05) is 42.5 Å². The molecule has 0 fully saturated rings. The summed E-state index contributed by atoms with van der Waals surface area (Å²) in [6.45, 7) is 2.43. The van der Waals surface area contributed by atoms with Crippen molar-refractivity contribution in [1.82, 2.24) is 0 Å². The molecular formula is C25H22N2O4. The highest BCUT2D eigenvalue weighted by molar-refractivity contribution is 6.46. The summed E-state index contributed by atoms with van der Waals surface area (Å²) in [5.41, 5.74) is 2.14. The fourth-order valence-electron chi connectivity index (χ4n) is 3.53. The predicted molar refractivity (Wildman–Crippen MR) is 120 cm³/mol. The van der Waals surface area contributed by atoms with Crippen LogP contribution < -0.4 is 19.7 Å². The SMILES string of the molecule is CCOc1cccc(NC2=C(c3ccccc3OC)C(=O)N(c3ccccc3)C2=O)c1. The zero-order valence-corrected chi connectivity index (χ0v) is 17.3. The van der Waals surface area contributed by atoms with E-state index in [1.807, 2.05) is 37.3 Å². The van der Waals surface area contributed by atoms with E-state index in [0.717, 1.165) is 0 Å². The van der Waals surface area contributed by atoms with Crippen LogP contribution in [-0.2, 0) is 9.59 Å². The lowest BCUT2D eigenvalue weighted by Crippen LogP contribution is -2.32. The number of anilines is 2. The van der Waals surface area contributed by atoms with E-state index in [-0.39, 0.29) is 11.3 Å². The summed E-state index contributed by atoms with van der Waals surface area (Å²) in [4.78, 5) is 28.1. The molecule has 1 aliphatic rings. The molecule has 0 atom stereocenters. The number of benzene rings is 3. The number of carbonyl (C=O) groups is 2. The summed E-state index contributed by atoms with van der Waals surface area (Å²) in [6.07, 6.45) is 0. The molecule has 1 heterocycles. The summed E-state index contributed by atoms with van der Waals surface area (Å²) < 4.78 is 11.0. The second-order valence-corrected chi connectivity index (χ2v) is 6.82. The maximum Gasteiger partial charge on any atom is 0.282 e. The number of imide groups is 1. The van der Waals surface area contributed by atoms with Gasteiger partial charge in [0.1, 0.15) is 17.2 Å². The number of rotatable bonds is 7. The lowest BCUT2D eigenvalue weighted by Gasteiger charge is -2.15. The van der Waals surface area contributed by atoms with E-state index in [4.69, 9.17) is 9.47 Å². The van der Waals surface area contributed by atoms with Crippen LogP contribution in [0.15, 0.2) is 84.6 Å². The molecule has 0 aliphatic carbocycles. The van der Waals surface area contributed by atoms with Crippen LogP contribution in [-0.4, -0.2) is 25.5 Å². The largest absolute Gasteiger partial charge is 0.496 e. The maximum atomic E-state index is 13.5. The summed E-state index contributed by atoms with van der Waals surface area (Å²) in [5.74, 6) is 0.336. The van der Waals surface area contributed by atoms with Gasteiger partial charge < -0.3 is 14.8 Å². The highest BCUT2D eigenvalue weighted by Gasteiger charge is 2.41. The molecule has 6 nitrogen and oxygen atoms in total. The third-order valence-electron chi connectivity index (χ3n) is 4.89. The molecule has 0 radical (unpaired) electrons. The Kier molecular flexibility index (Phi) is 5.71. The van der Waals surface area contributed by atoms with Crippen molar-refractivity contribution in [3.63, 3.8) is 0 Å². The van der Waals surface area contributed by atoms with Crippen LogP contribution in [0.4, 0.5) is 11.4 Å². The second-order valence-electron chi connectivity index (χ2n) is 6.82. The highest BCUT2D eigenvalue weighted by Crippen LogP contribution is 2.37. The first-order valence-electron chi connectivity index (χ1n) is 9.95. The van der Waals surface area contributed by atoms with E-state index in [1.165, 1.54) is 12.0 Å². The van der Waals surface area contributed by atoms with E-state index in [2.05, 4.69) is 5.32 Å². The summed E-state index contributed by atoms with van der Waals surface area (Å²) in [6, 6.07) is 23.3. The molecule has 0 bridgehead atoms. The Labute approximate surface area is 180 Å². The van der Waals surface area contributed by atoms with Gasteiger partial charge in [-0.25, -0.2) is 4.90 Å². The fourth-order valence-corrected chi connectivity index (χ4v) is 3.53. The van der Waals surface area contributed by atoms with E-state index in [9.17, 15) is 9.59 Å². The van der Waals surface area contributed by atoms with Crippen LogP contribution >= 0.6 is 0 Å². The first-order valence-corrected chi connectivity index (χ1v) is 9.95. The number of nitrogens with one attached hydrogen (secondary N) is 1. The number of hydrogen-bond donors (Lipinski definition) is 1.